The van der Waals surface area contributed by atoms with Crippen LogP contribution >= 0.6 is 0 Å². The average molecular weight is 429 g/mol. The number of piperazine rings is 1. The predicted molar refractivity (Wildman–Crippen MR) is 115 cm³/mol. The Kier molecular flexibility index (Phi) is 4.46. The van der Waals surface area contributed by atoms with Gasteiger partial charge in [0.05, 0.1) is 17.2 Å². The summed E-state index contributed by atoms with van der Waals surface area (Å²) < 4.78 is 26.7. The first kappa shape index (κ1) is 20.0. The molecule has 6 heteroatoms. The van der Waals surface area contributed by atoms with Gasteiger partial charge in [-0.15, -0.1) is 0 Å². The summed E-state index contributed by atoms with van der Waals surface area (Å²) in [4.78, 5) is 17.7. The fraction of sp³-hybridized carbons (Fsp3) is 0.720. The van der Waals surface area contributed by atoms with Crippen LogP contribution in [0.5, 0.6) is 0 Å². The fourth-order valence-corrected chi connectivity index (χ4v) is 7.42. The number of hydrogen-bond acceptors (Lipinski definition) is 5. The van der Waals surface area contributed by atoms with Crippen LogP contribution in [-0.4, -0.2) is 60.9 Å². The highest BCUT2D eigenvalue weighted by molar-refractivity contribution is 5.77. The summed E-state index contributed by atoms with van der Waals surface area (Å²) in [6, 6.07) is 6.99. The molecule has 1 spiro atoms. The number of hydrogen-bond donors (Lipinski definition) is 0. The molecular formula is C25H33FN2O3. The Balaban J connectivity index is 1.17. The molecule has 3 heterocycles. The highest BCUT2D eigenvalue weighted by Crippen LogP contribution is 2.66. The molecular weight excluding hydrogens is 395 g/mol. The van der Waals surface area contributed by atoms with Crippen molar-refractivity contribution >= 4 is 11.7 Å². The molecule has 7 unspecified atom stereocenters. The Hall–Kier alpha value is -1.66. The lowest BCUT2D eigenvalue weighted by atomic mass is 9.55. The molecule has 0 radical (unpaired) electrons. The third kappa shape index (κ3) is 2.90. The molecule has 6 rings (SSSR count). The Morgan fingerprint density at radius 3 is 2.65 bits per heavy atom. The molecule has 0 N–H and O–H groups in total. The van der Waals surface area contributed by atoms with Crippen molar-refractivity contribution < 1.29 is 18.7 Å². The van der Waals surface area contributed by atoms with Crippen molar-refractivity contribution in [1.29, 1.82) is 0 Å². The van der Waals surface area contributed by atoms with E-state index in [0.29, 0.717) is 17.5 Å². The number of rotatable bonds is 3. The molecule has 0 bridgehead atoms. The first-order valence-corrected chi connectivity index (χ1v) is 12.0. The van der Waals surface area contributed by atoms with Crippen LogP contribution < -0.4 is 4.90 Å². The number of nitrogens with zero attached hydrogens (tertiary/aromatic N) is 2. The first-order chi connectivity index (χ1) is 14.9. The zero-order chi connectivity index (χ0) is 21.4. The number of epoxide rings is 1. The van der Waals surface area contributed by atoms with E-state index >= 15 is 0 Å². The monoisotopic (exact) mass is 428 g/mol. The van der Waals surface area contributed by atoms with Gasteiger partial charge in [-0.05, 0) is 50.7 Å². The maximum atomic E-state index is 14.2. The van der Waals surface area contributed by atoms with Crippen molar-refractivity contribution in [3.8, 4) is 0 Å². The number of ether oxygens (including phenoxy) is 2. The zero-order valence-electron chi connectivity index (χ0n) is 18.6. The van der Waals surface area contributed by atoms with Crippen LogP contribution in [0.3, 0.4) is 0 Å². The van der Waals surface area contributed by atoms with E-state index in [1.54, 1.807) is 6.07 Å². The highest BCUT2D eigenvalue weighted by Gasteiger charge is 2.77. The molecule has 3 saturated heterocycles. The highest BCUT2D eigenvalue weighted by atomic mass is 19.1. The van der Waals surface area contributed by atoms with E-state index in [9.17, 15) is 9.18 Å². The van der Waals surface area contributed by atoms with Gasteiger partial charge in [-0.1, -0.05) is 19.1 Å². The van der Waals surface area contributed by atoms with Crippen molar-refractivity contribution in [2.75, 3.05) is 37.6 Å². The Morgan fingerprint density at radius 2 is 1.87 bits per heavy atom. The van der Waals surface area contributed by atoms with E-state index in [0.717, 1.165) is 52.0 Å². The zero-order valence-corrected chi connectivity index (χ0v) is 18.6. The lowest BCUT2D eigenvalue weighted by Crippen LogP contribution is -2.58. The lowest BCUT2D eigenvalue weighted by Gasteiger charge is -2.50. The minimum atomic E-state index is -0.401. The van der Waals surface area contributed by atoms with Crippen molar-refractivity contribution in [2.45, 2.75) is 56.8 Å². The van der Waals surface area contributed by atoms with Crippen LogP contribution in [0.25, 0.3) is 0 Å². The number of benzene rings is 1. The summed E-state index contributed by atoms with van der Waals surface area (Å²) in [5, 5.41) is 0. The number of carbonyl (C=O) groups is 1. The van der Waals surface area contributed by atoms with Gasteiger partial charge in [0, 0.05) is 44.6 Å². The van der Waals surface area contributed by atoms with Crippen molar-refractivity contribution in [1.82, 2.24) is 4.90 Å². The van der Waals surface area contributed by atoms with Gasteiger partial charge in [-0.2, -0.15) is 0 Å². The molecule has 31 heavy (non-hydrogen) atoms. The van der Waals surface area contributed by atoms with Gasteiger partial charge in [0.25, 0.3) is 0 Å². The van der Waals surface area contributed by atoms with Crippen LogP contribution in [-0.2, 0) is 14.3 Å². The molecule has 1 aromatic rings. The normalized spacial score (nSPS) is 44.3. The molecule has 3 aliphatic heterocycles. The number of carbonyl (C=O) groups excluding carboxylic acids is 1. The van der Waals surface area contributed by atoms with E-state index in [1.165, 1.54) is 12.5 Å². The van der Waals surface area contributed by atoms with Gasteiger partial charge in [-0.25, -0.2) is 4.39 Å². The number of esters is 1. The minimum Gasteiger partial charge on any atom is -0.455 e. The summed E-state index contributed by atoms with van der Waals surface area (Å²) >= 11 is 0. The van der Waals surface area contributed by atoms with E-state index in [-0.39, 0.29) is 35.3 Å². The van der Waals surface area contributed by atoms with Crippen molar-refractivity contribution in [2.24, 2.45) is 23.7 Å². The summed E-state index contributed by atoms with van der Waals surface area (Å²) in [5.74, 6) is 1.03. The fourth-order valence-electron chi connectivity index (χ4n) is 7.42. The van der Waals surface area contributed by atoms with Gasteiger partial charge < -0.3 is 14.4 Å². The molecule has 0 amide bonds. The second-order valence-electron chi connectivity index (χ2n) is 10.7. The molecule has 0 aromatic heterocycles. The van der Waals surface area contributed by atoms with E-state index in [1.807, 2.05) is 12.1 Å². The maximum Gasteiger partial charge on any atom is 0.311 e. The van der Waals surface area contributed by atoms with E-state index < -0.39 is 5.60 Å². The van der Waals surface area contributed by atoms with E-state index in [4.69, 9.17) is 9.47 Å². The largest absolute Gasteiger partial charge is 0.455 e. The van der Waals surface area contributed by atoms with Gasteiger partial charge >= 0.3 is 5.97 Å². The second-order valence-corrected chi connectivity index (χ2v) is 10.7. The number of halogens is 1. The molecule has 2 aliphatic carbocycles. The Morgan fingerprint density at radius 1 is 1.10 bits per heavy atom. The van der Waals surface area contributed by atoms with Crippen LogP contribution in [0.4, 0.5) is 10.1 Å². The molecule has 5 aliphatic rings. The number of fused-ring (bicyclic) bond motifs is 1. The van der Waals surface area contributed by atoms with Crippen LogP contribution in [0, 0.1) is 29.5 Å². The first-order valence-electron chi connectivity index (χ1n) is 12.0. The standard InChI is InChI=1S/C25H33FN2O3/c1-16-7-8-19-17(22(29)30-25(19)18(16)9-10-24(2)23(25)31-24)15-27-11-13-28(14-12-27)21-6-4-3-5-20(21)26/h3-6,16-19,23H,7-15H2,1-2H3. The van der Waals surface area contributed by atoms with Gasteiger partial charge in [0.1, 0.15) is 17.5 Å². The number of para-hydroxylation sites is 1. The SMILES string of the molecule is CC1CCC2C(CN3CCN(c4ccccc4F)CC3)C(=O)OC23C1CCC1(C)OC13. The lowest BCUT2D eigenvalue weighted by molar-refractivity contribution is -0.168. The molecule has 7 atom stereocenters. The maximum absolute atomic E-state index is 14.2. The Bertz CT molecular complexity index is 887. The van der Waals surface area contributed by atoms with Gasteiger partial charge in [0.2, 0.25) is 0 Å². The van der Waals surface area contributed by atoms with Gasteiger partial charge in [-0.3, -0.25) is 9.69 Å². The molecule has 5 fully saturated rings. The Labute approximate surface area is 183 Å². The second kappa shape index (κ2) is 6.92. The van der Waals surface area contributed by atoms with Crippen LogP contribution in [0.1, 0.15) is 39.5 Å². The predicted octanol–water partition coefficient (Wildman–Crippen LogP) is 3.47. The third-order valence-corrected chi connectivity index (χ3v) is 9.11. The van der Waals surface area contributed by atoms with Crippen molar-refractivity contribution in [3.05, 3.63) is 30.1 Å². The average Bonchev–Trinajstić information content (AvgIpc) is 3.39. The molecule has 5 nitrogen and oxygen atoms in total. The molecule has 1 aromatic carbocycles. The van der Waals surface area contributed by atoms with Crippen LogP contribution in [0.15, 0.2) is 24.3 Å². The summed E-state index contributed by atoms with van der Waals surface area (Å²) in [6.07, 6.45) is 4.50. The summed E-state index contributed by atoms with van der Waals surface area (Å²) in [7, 11) is 0. The quantitative estimate of drug-likeness (QED) is 0.545. The summed E-state index contributed by atoms with van der Waals surface area (Å²) in [6.45, 7) is 8.52. The van der Waals surface area contributed by atoms with Crippen LogP contribution in [0.2, 0.25) is 0 Å². The summed E-state index contributed by atoms with van der Waals surface area (Å²) in [5.41, 5.74) is 0.186. The minimum absolute atomic E-state index is 0.0135. The smallest absolute Gasteiger partial charge is 0.311 e. The van der Waals surface area contributed by atoms with Crippen molar-refractivity contribution in [3.63, 3.8) is 0 Å². The number of anilines is 1. The third-order valence-electron chi connectivity index (χ3n) is 9.11. The van der Waals surface area contributed by atoms with E-state index in [2.05, 4.69) is 23.6 Å². The molecule has 168 valence electrons. The topological polar surface area (TPSA) is 45.3 Å². The van der Waals surface area contributed by atoms with Gasteiger partial charge in [0.15, 0.2) is 0 Å². The molecule has 2 saturated carbocycles.